The van der Waals surface area contributed by atoms with E-state index in [0.29, 0.717) is 13.1 Å². The van der Waals surface area contributed by atoms with Gasteiger partial charge >= 0.3 is 5.69 Å². The van der Waals surface area contributed by atoms with Gasteiger partial charge in [-0.15, -0.1) is 0 Å². The molecule has 0 bridgehead atoms. The summed E-state index contributed by atoms with van der Waals surface area (Å²) in [5.74, 6) is 4.36. The normalized spacial score (nSPS) is 15.9. The van der Waals surface area contributed by atoms with Crippen LogP contribution in [0, 0.1) is 10.1 Å². The van der Waals surface area contributed by atoms with Gasteiger partial charge in [0.2, 0.25) is 21.7 Å². The molecule has 0 unspecified atom stereocenters. The molecule has 1 fully saturated rings. The number of nitrogens with zero attached hydrogens (tertiary/aromatic N) is 3. The summed E-state index contributed by atoms with van der Waals surface area (Å²) in [4.78, 5) is 25.0. The average Bonchev–Trinajstić information content (AvgIpc) is 3.19. The molecule has 1 heterocycles. The van der Waals surface area contributed by atoms with Crippen molar-refractivity contribution in [2.75, 3.05) is 6.54 Å². The van der Waals surface area contributed by atoms with Gasteiger partial charge in [-0.25, -0.2) is 8.42 Å². The number of hydrogen-bond acceptors (Lipinski definition) is 8. The maximum absolute atomic E-state index is 13.3. The highest BCUT2D eigenvalue weighted by Gasteiger charge is 2.36. The lowest BCUT2D eigenvalue weighted by Crippen LogP contribution is -2.41. The van der Waals surface area contributed by atoms with Crippen molar-refractivity contribution in [2.24, 2.45) is 10.9 Å². The average molecular weight is 544 g/mol. The molecular weight excluding hydrogens is 522 g/mol. The molecular formula is C24H22ClN5O6S. The topological polar surface area (TPSA) is 157 Å². The third-order valence-corrected chi connectivity index (χ3v) is 7.45. The fourth-order valence-corrected chi connectivity index (χ4v) is 5.50. The van der Waals surface area contributed by atoms with Crippen LogP contribution in [0.1, 0.15) is 17.5 Å². The van der Waals surface area contributed by atoms with Gasteiger partial charge in [0.05, 0.1) is 16.2 Å². The highest BCUT2D eigenvalue weighted by Crippen LogP contribution is 2.39. The molecule has 0 spiro atoms. The summed E-state index contributed by atoms with van der Waals surface area (Å²) in [6.07, 6.45) is 1.75. The Balaban J connectivity index is 1.53. The highest BCUT2D eigenvalue weighted by molar-refractivity contribution is 7.89. The van der Waals surface area contributed by atoms with Crippen LogP contribution in [0.2, 0.25) is 5.02 Å². The fraction of sp³-hybridized carbons (Fsp3) is 0.167. The van der Waals surface area contributed by atoms with Gasteiger partial charge in [-0.05, 0) is 41.8 Å². The molecule has 13 heteroatoms. The lowest BCUT2D eigenvalue weighted by molar-refractivity contribution is -0.385. The molecule has 1 amide bonds. The van der Waals surface area contributed by atoms with E-state index in [2.05, 4.69) is 9.82 Å². The van der Waals surface area contributed by atoms with E-state index in [-0.39, 0.29) is 33.7 Å². The van der Waals surface area contributed by atoms with E-state index < -0.39 is 26.7 Å². The van der Waals surface area contributed by atoms with E-state index in [1.165, 1.54) is 48.7 Å². The van der Waals surface area contributed by atoms with Crippen LogP contribution in [0.5, 0.6) is 11.5 Å². The molecule has 192 valence electrons. The van der Waals surface area contributed by atoms with Crippen molar-refractivity contribution >= 4 is 39.4 Å². The second kappa shape index (κ2) is 10.9. The fourth-order valence-electron chi connectivity index (χ4n) is 3.94. The Bertz CT molecular complexity index is 1480. The lowest BCUT2D eigenvalue weighted by Gasteiger charge is -2.18. The molecule has 3 aromatic rings. The Hall–Kier alpha value is -4.00. The van der Waals surface area contributed by atoms with Gasteiger partial charge in [-0.2, -0.15) is 9.82 Å². The number of carbonyl (C=O) groups is 1. The zero-order chi connectivity index (χ0) is 26.6. The SMILES string of the molecule is NN=Cc1cccc(CN2CC[C@H](NS(=O)(=O)c3ccccc3Oc3c(Cl)cccc3[N+](=O)[O-])C2=O)c1. The van der Waals surface area contributed by atoms with E-state index >= 15 is 0 Å². The van der Waals surface area contributed by atoms with Crippen LogP contribution in [0.3, 0.4) is 0 Å². The molecule has 1 saturated heterocycles. The first kappa shape index (κ1) is 26.1. The van der Waals surface area contributed by atoms with Crippen LogP contribution < -0.4 is 15.3 Å². The van der Waals surface area contributed by atoms with E-state index in [9.17, 15) is 23.3 Å². The van der Waals surface area contributed by atoms with Crippen LogP contribution in [-0.2, 0) is 21.4 Å². The number of nitrogens with two attached hydrogens (primary N) is 1. The van der Waals surface area contributed by atoms with Crippen LogP contribution in [0.15, 0.2) is 76.7 Å². The first-order valence-electron chi connectivity index (χ1n) is 11.0. The molecule has 0 radical (unpaired) electrons. The maximum atomic E-state index is 13.3. The number of nitrogens with one attached hydrogen (secondary N) is 1. The van der Waals surface area contributed by atoms with E-state index in [1.807, 2.05) is 24.3 Å². The molecule has 37 heavy (non-hydrogen) atoms. The second-order valence-electron chi connectivity index (χ2n) is 8.14. The largest absolute Gasteiger partial charge is 0.447 e. The third kappa shape index (κ3) is 5.88. The molecule has 1 atom stereocenters. The summed E-state index contributed by atoms with van der Waals surface area (Å²) in [5, 5.41) is 14.8. The number of nitro groups is 1. The van der Waals surface area contributed by atoms with Gasteiger partial charge in [-0.1, -0.05) is 48.0 Å². The Morgan fingerprint density at radius 3 is 2.70 bits per heavy atom. The van der Waals surface area contributed by atoms with Crippen LogP contribution >= 0.6 is 11.6 Å². The Kier molecular flexibility index (Phi) is 7.71. The van der Waals surface area contributed by atoms with Crippen molar-refractivity contribution in [2.45, 2.75) is 23.9 Å². The molecule has 11 nitrogen and oxygen atoms in total. The molecule has 0 aromatic heterocycles. The molecule has 0 saturated carbocycles. The number of sulfonamides is 1. The summed E-state index contributed by atoms with van der Waals surface area (Å²) < 4.78 is 34.6. The number of likely N-dealkylation sites (tertiary alicyclic amines) is 1. The molecule has 4 rings (SSSR count). The number of halogens is 1. The third-order valence-electron chi connectivity index (χ3n) is 5.64. The predicted octanol–water partition coefficient (Wildman–Crippen LogP) is 3.41. The van der Waals surface area contributed by atoms with Crippen molar-refractivity contribution in [3.8, 4) is 11.5 Å². The zero-order valence-electron chi connectivity index (χ0n) is 19.3. The van der Waals surface area contributed by atoms with Gasteiger partial charge in [0.15, 0.2) is 0 Å². The summed E-state index contributed by atoms with van der Waals surface area (Å²) >= 11 is 6.10. The lowest BCUT2D eigenvalue weighted by atomic mass is 10.1. The standard InChI is InChI=1S/C24H22ClN5O6S/c25-18-7-4-8-20(30(32)33)23(18)36-21-9-1-2-10-22(21)37(34,35)28-19-11-12-29(24(19)31)15-17-6-3-5-16(13-17)14-27-26/h1-10,13-14,19,28H,11-12,15,26H2/t19-/m0/s1. The Morgan fingerprint density at radius 1 is 1.19 bits per heavy atom. The zero-order valence-corrected chi connectivity index (χ0v) is 20.9. The van der Waals surface area contributed by atoms with Gasteiger partial charge in [-0.3, -0.25) is 14.9 Å². The minimum absolute atomic E-state index is 0.0576. The second-order valence-corrected chi connectivity index (χ2v) is 10.2. The molecule has 3 N–H and O–H groups in total. The van der Waals surface area contributed by atoms with Crippen LogP contribution in [-0.4, -0.2) is 42.9 Å². The number of hydrogen-bond donors (Lipinski definition) is 2. The van der Waals surface area contributed by atoms with E-state index in [0.717, 1.165) is 11.1 Å². The number of rotatable bonds is 9. The van der Waals surface area contributed by atoms with Gasteiger partial charge in [0.25, 0.3) is 0 Å². The molecule has 1 aliphatic rings. The van der Waals surface area contributed by atoms with Crippen molar-refractivity contribution in [1.29, 1.82) is 0 Å². The number of hydrazone groups is 1. The quantitative estimate of drug-likeness (QED) is 0.181. The van der Waals surface area contributed by atoms with E-state index in [1.54, 1.807) is 4.90 Å². The number of ether oxygens (including phenoxy) is 1. The minimum atomic E-state index is -4.25. The molecule has 3 aromatic carbocycles. The number of carbonyl (C=O) groups excluding carboxylic acids is 1. The minimum Gasteiger partial charge on any atom is -0.447 e. The van der Waals surface area contributed by atoms with Crippen molar-refractivity contribution in [1.82, 2.24) is 9.62 Å². The van der Waals surface area contributed by atoms with E-state index in [4.69, 9.17) is 22.2 Å². The first-order chi connectivity index (χ1) is 17.7. The van der Waals surface area contributed by atoms with Crippen molar-refractivity contribution < 1.29 is 22.9 Å². The number of nitro benzene ring substituents is 1. The Morgan fingerprint density at radius 2 is 1.95 bits per heavy atom. The number of para-hydroxylation sites is 2. The number of amides is 1. The van der Waals surface area contributed by atoms with Crippen LogP contribution in [0.25, 0.3) is 0 Å². The summed E-state index contributed by atoms with van der Waals surface area (Å²) in [5.41, 5.74) is 1.20. The Labute approximate surface area is 217 Å². The summed E-state index contributed by atoms with van der Waals surface area (Å²) in [7, 11) is -4.25. The monoisotopic (exact) mass is 543 g/mol. The summed E-state index contributed by atoms with van der Waals surface area (Å²) in [6.45, 7) is 0.643. The predicted molar refractivity (Wildman–Crippen MR) is 137 cm³/mol. The van der Waals surface area contributed by atoms with Gasteiger partial charge in [0.1, 0.15) is 16.7 Å². The first-order valence-corrected chi connectivity index (χ1v) is 12.9. The number of benzene rings is 3. The van der Waals surface area contributed by atoms with Crippen molar-refractivity contribution in [3.05, 3.63) is 93.0 Å². The molecule has 0 aliphatic carbocycles. The smallest absolute Gasteiger partial charge is 0.313 e. The maximum Gasteiger partial charge on any atom is 0.313 e. The highest BCUT2D eigenvalue weighted by atomic mass is 35.5. The van der Waals surface area contributed by atoms with Crippen LogP contribution in [0.4, 0.5) is 5.69 Å². The van der Waals surface area contributed by atoms with Crippen molar-refractivity contribution in [3.63, 3.8) is 0 Å². The summed E-state index contributed by atoms with van der Waals surface area (Å²) in [6, 6.07) is 15.9. The molecule has 1 aliphatic heterocycles. The van der Waals surface area contributed by atoms with Gasteiger partial charge in [0, 0.05) is 19.2 Å². The van der Waals surface area contributed by atoms with Gasteiger partial charge < -0.3 is 15.5 Å².